The second-order valence-corrected chi connectivity index (χ2v) is 10.6. The predicted octanol–water partition coefficient (Wildman–Crippen LogP) is 5.38. The quantitative estimate of drug-likeness (QED) is 0.308. The van der Waals surface area contributed by atoms with Crippen LogP contribution < -0.4 is 14.8 Å². The number of nitriles is 1. The molecular weight excluding hydrogens is 567 g/mol. The largest absolute Gasteiger partial charge is 0.493 e. The van der Waals surface area contributed by atoms with Gasteiger partial charge in [-0.15, -0.1) is 0 Å². The van der Waals surface area contributed by atoms with Crippen LogP contribution in [0.4, 0.5) is 18.9 Å². The maximum Gasteiger partial charge on any atom is 0.490 e. The molecule has 4 heterocycles. The topological polar surface area (TPSA) is 124 Å². The Bertz CT molecular complexity index is 1420. The van der Waals surface area contributed by atoms with E-state index in [4.69, 9.17) is 28.8 Å². The number of piperidine rings is 1. The summed E-state index contributed by atoms with van der Waals surface area (Å²) in [7, 11) is 3.84. The standard InChI is InChI=1S/C28H35N5O3.C2HF3O2/c1-32-13-8-20(9-14-32)30-23-17-25(26-7-6-21(19-29)36-26)31-24-18-28(27(34-2)16-22(23)24)35-15-5-12-33-10-3-4-11-33;3-2(4,5)1(6)7/h6-7,16-18,20H,3-5,8-15H2,1-2H3,(H,30,31);(H,6,7). The van der Waals surface area contributed by atoms with E-state index in [1.165, 1.54) is 25.9 Å². The van der Waals surface area contributed by atoms with Crippen molar-refractivity contribution < 1.29 is 37.0 Å². The molecule has 43 heavy (non-hydrogen) atoms. The summed E-state index contributed by atoms with van der Waals surface area (Å²) in [5.74, 6) is -0.516. The van der Waals surface area contributed by atoms with Crippen LogP contribution in [0, 0.1) is 11.3 Å². The van der Waals surface area contributed by atoms with E-state index in [1.807, 2.05) is 18.2 Å². The van der Waals surface area contributed by atoms with Gasteiger partial charge in [0.25, 0.3) is 0 Å². The van der Waals surface area contributed by atoms with Gasteiger partial charge in [-0.1, -0.05) is 0 Å². The molecule has 2 saturated heterocycles. The van der Waals surface area contributed by atoms with Gasteiger partial charge < -0.3 is 34.1 Å². The Hall–Kier alpha value is -4.02. The molecule has 0 saturated carbocycles. The highest BCUT2D eigenvalue weighted by atomic mass is 19.4. The van der Waals surface area contributed by atoms with Crippen LogP contribution in [-0.4, -0.2) is 91.6 Å². The van der Waals surface area contributed by atoms with E-state index < -0.39 is 12.1 Å². The van der Waals surface area contributed by atoms with Gasteiger partial charge in [-0.2, -0.15) is 18.4 Å². The van der Waals surface area contributed by atoms with Crippen molar-refractivity contribution in [2.75, 3.05) is 58.8 Å². The number of nitrogens with one attached hydrogen (secondary N) is 1. The van der Waals surface area contributed by atoms with Crippen molar-refractivity contribution in [2.24, 2.45) is 0 Å². The molecule has 2 N–H and O–H groups in total. The van der Waals surface area contributed by atoms with Gasteiger partial charge in [0, 0.05) is 29.7 Å². The number of aliphatic carboxylic acids is 1. The molecule has 10 nitrogen and oxygen atoms in total. The number of fused-ring (bicyclic) bond motifs is 1. The first-order valence-electron chi connectivity index (χ1n) is 14.2. The van der Waals surface area contributed by atoms with Crippen molar-refractivity contribution in [1.29, 1.82) is 5.26 Å². The Balaban J connectivity index is 0.000000541. The molecule has 0 unspecified atom stereocenters. The molecule has 0 amide bonds. The fraction of sp³-hybridized carbons (Fsp3) is 0.500. The summed E-state index contributed by atoms with van der Waals surface area (Å²) in [6.07, 6.45) is 0.634. The number of anilines is 1. The van der Waals surface area contributed by atoms with Crippen LogP contribution in [0.1, 0.15) is 37.9 Å². The number of carboxylic acids is 1. The van der Waals surface area contributed by atoms with Crippen LogP contribution in [0.25, 0.3) is 22.4 Å². The van der Waals surface area contributed by atoms with Crippen LogP contribution in [-0.2, 0) is 4.79 Å². The fourth-order valence-electron chi connectivity index (χ4n) is 5.14. The number of furan rings is 1. The van der Waals surface area contributed by atoms with Crippen molar-refractivity contribution in [3.63, 3.8) is 0 Å². The van der Waals surface area contributed by atoms with Gasteiger partial charge in [0.1, 0.15) is 11.8 Å². The molecule has 0 radical (unpaired) electrons. The molecule has 2 aromatic heterocycles. The van der Waals surface area contributed by atoms with Gasteiger partial charge in [0.05, 0.1) is 19.2 Å². The number of halogens is 3. The second-order valence-electron chi connectivity index (χ2n) is 10.6. The monoisotopic (exact) mass is 603 g/mol. The number of nitrogens with zero attached hydrogens (tertiary/aromatic N) is 4. The van der Waals surface area contributed by atoms with E-state index in [-0.39, 0.29) is 5.76 Å². The number of methoxy groups -OCH3 is 1. The van der Waals surface area contributed by atoms with Crippen molar-refractivity contribution in [2.45, 2.75) is 44.3 Å². The zero-order valence-corrected chi connectivity index (χ0v) is 24.2. The van der Waals surface area contributed by atoms with Crippen LogP contribution in [0.3, 0.4) is 0 Å². The van der Waals surface area contributed by atoms with Gasteiger partial charge in [-0.3, -0.25) is 0 Å². The summed E-state index contributed by atoms with van der Waals surface area (Å²) in [6.45, 7) is 6.20. The third kappa shape index (κ3) is 8.75. The molecule has 0 spiro atoms. The summed E-state index contributed by atoms with van der Waals surface area (Å²) in [5, 5.41) is 21.1. The maximum absolute atomic E-state index is 10.6. The maximum atomic E-state index is 10.6. The van der Waals surface area contributed by atoms with E-state index in [0.29, 0.717) is 35.6 Å². The number of likely N-dealkylation sites (tertiary alicyclic amines) is 2. The zero-order chi connectivity index (χ0) is 31.0. The molecule has 5 rings (SSSR count). The van der Waals surface area contributed by atoms with E-state index in [9.17, 15) is 18.4 Å². The highest BCUT2D eigenvalue weighted by Gasteiger charge is 2.38. The number of carboxylic acid groups (broad SMARTS) is 1. The van der Waals surface area contributed by atoms with Crippen molar-refractivity contribution >= 4 is 22.6 Å². The highest BCUT2D eigenvalue weighted by molar-refractivity contribution is 5.95. The minimum Gasteiger partial charge on any atom is -0.493 e. The average Bonchev–Trinajstić information content (AvgIpc) is 3.68. The van der Waals surface area contributed by atoms with Crippen LogP contribution >= 0.6 is 0 Å². The lowest BCUT2D eigenvalue weighted by Gasteiger charge is -2.30. The first-order chi connectivity index (χ1) is 20.6. The van der Waals surface area contributed by atoms with Crippen LogP contribution in [0.15, 0.2) is 34.7 Å². The third-order valence-corrected chi connectivity index (χ3v) is 7.46. The fourth-order valence-corrected chi connectivity index (χ4v) is 5.14. The van der Waals surface area contributed by atoms with E-state index in [0.717, 1.165) is 55.5 Å². The molecule has 232 valence electrons. The highest BCUT2D eigenvalue weighted by Crippen LogP contribution is 2.38. The number of alkyl halides is 3. The first-order valence-corrected chi connectivity index (χ1v) is 14.2. The lowest BCUT2D eigenvalue weighted by atomic mass is 10.0. The predicted molar refractivity (Wildman–Crippen MR) is 154 cm³/mol. The number of carbonyl (C=O) groups is 1. The van der Waals surface area contributed by atoms with Crippen LogP contribution in [0.2, 0.25) is 0 Å². The van der Waals surface area contributed by atoms with Crippen molar-refractivity contribution in [3.05, 3.63) is 36.1 Å². The Morgan fingerprint density at radius 1 is 1.16 bits per heavy atom. The minimum absolute atomic E-state index is 0.272. The Labute approximate surface area is 248 Å². The zero-order valence-electron chi connectivity index (χ0n) is 24.2. The molecule has 1 aromatic carbocycles. The van der Waals surface area contributed by atoms with Gasteiger partial charge in [0.15, 0.2) is 17.3 Å². The number of aromatic nitrogens is 1. The summed E-state index contributed by atoms with van der Waals surface area (Å²) >= 11 is 0. The molecule has 2 aliphatic heterocycles. The number of hydrogen-bond acceptors (Lipinski definition) is 9. The molecule has 13 heteroatoms. The second kappa shape index (κ2) is 14.4. The number of pyridine rings is 1. The van der Waals surface area contributed by atoms with Gasteiger partial charge >= 0.3 is 12.1 Å². The number of hydrogen-bond donors (Lipinski definition) is 2. The molecular formula is C30H36F3N5O5. The normalized spacial score (nSPS) is 16.4. The Morgan fingerprint density at radius 2 is 1.86 bits per heavy atom. The Morgan fingerprint density at radius 3 is 2.47 bits per heavy atom. The van der Waals surface area contributed by atoms with Gasteiger partial charge in [0.2, 0.25) is 5.76 Å². The van der Waals surface area contributed by atoms with Crippen molar-refractivity contribution in [1.82, 2.24) is 14.8 Å². The lowest BCUT2D eigenvalue weighted by molar-refractivity contribution is -0.192. The summed E-state index contributed by atoms with van der Waals surface area (Å²) < 4.78 is 49.4. The molecule has 2 aliphatic rings. The van der Waals surface area contributed by atoms with E-state index >= 15 is 0 Å². The Kier molecular flexibility index (Phi) is 10.7. The smallest absolute Gasteiger partial charge is 0.490 e. The van der Waals surface area contributed by atoms with Crippen molar-refractivity contribution in [3.8, 4) is 29.0 Å². The van der Waals surface area contributed by atoms with E-state index in [1.54, 1.807) is 19.2 Å². The van der Waals surface area contributed by atoms with Gasteiger partial charge in [-0.25, -0.2) is 9.78 Å². The molecule has 0 aliphatic carbocycles. The summed E-state index contributed by atoms with van der Waals surface area (Å²) in [6, 6.07) is 11.9. The van der Waals surface area contributed by atoms with Crippen LogP contribution in [0.5, 0.6) is 11.5 Å². The number of benzene rings is 1. The SMILES string of the molecule is COc1cc2c(NC3CCN(C)CC3)cc(-c3ccc(C#N)o3)nc2cc1OCCCN1CCCC1.O=C(O)C(F)(F)F. The van der Waals surface area contributed by atoms with E-state index in [2.05, 4.69) is 28.2 Å². The molecule has 3 aromatic rings. The number of ether oxygens (including phenoxy) is 2. The summed E-state index contributed by atoms with van der Waals surface area (Å²) in [5.41, 5.74) is 2.47. The molecule has 0 atom stereocenters. The average molecular weight is 604 g/mol. The lowest BCUT2D eigenvalue weighted by Crippen LogP contribution is -2.36. The molecule has 0 bridgehead atoms. The summed E-state index contributed by atoms with van der Waals surface area (Å²) in [4.78, 5) is 18.6. The first kappa shape index (κ1) is 31.9. The number of rotatable bonds is 9. The third-order valence-electron chi connectivity index (χ3n) is 7.46. The minimum atomic E-state index is -5.08. The molecule has 2 fully saturated rings. The van der Waals surface area contributed by atoms with Gasteiger partial charge in [-0.05, 0) is 89.6 Å².